The average molecular weight is 176 g/mol. The molecule has 0 bridgehead atoms. The molecule has 1 atom stereocenters. The Bertz CT molecular complexity index is 177. The van der Waals surface area contributed by atoms with Crippen molar-refractivity contribution in [3.05, 3.63) is 6.92 Å². The molecule has 0 fully saturated rings. The first-order valence-electron chi connectivity index (χ1n) is 3.23. The van der Waals surface area contributed by atoms with Crippen LogP contribution in [-0.2, 0) is 13.6 Å². The Kier molecular flexibility index (Phi) is 4.97. The fourth-order valence-electron chi connectivity index (χ4n) is 0.551. The summed E-state index contributed by atoms with van der Waals surface area (Å²) < 4.78 is 20.8. The Morgan fingerprint density at radius 1 is 1.64 bits per heavy atom. The van der Waals surface area contributed by atoms with E-state index in [1.165, 1.54) is 0 Å². The molecule has 0 radical (unpaired) electrons. The molecule has 1 unspecified atom stereocenters. The summed E-state index contributed by atoms with van der Waals surface area (Å²) in [4.78, 5) is 0. The minimum Gasteiger partial charge on any atom is -0.308 e. The summed E-state index contributed by atoms with van der Waals surface area (Å²) in [5, 5.41) is 8.25. The van der Waals surface area contributed by atoms with Gasteiger partial charge in [-0.1, -0.05) is 0 Å². The van der Waals surface area contributed by atoms with Crippen molar-refractivity contribution in [1.29, 1.82) is 5.26 Å². The molecule has 0 spiro atoms. The molecular weight excluding hydrogens is 165 g/mol. The summed E-state index contributed by atoms with van der Waals surface area (Å²) in [5.41, 5.74) is 0. The predicted octanol–water partition coefficient (Wildman–Crippen LogP) is 1.59. The highest BCUT2D eigenvalue weighted by molar-refractivity contribution is 7.54. The van der Waals surface area contributed by atoms with E-state index in [1.54, 1.807) is 13.0 Å². The Hall–Kier alpha value is -0.490. The van der Waals surface area contributed by atoms with Crippen LogP contribution in [-0.4, -0.2) is 19.4 Å². The SMILES string of the molecule is [CH2+]COP(=O)(CC#N)OCC. The van der Waals surface area contributed by atoms with Gasteiger partial charge >= 0.3 is 7.60 Å². The van der Waals surface area contributed by atoms with E-state index in [1.807, 2.05) is 0 Å². The van der Waals surface area contributed by atoms with E-state index in [4.69, 9.17) is 14.3 Å². The molecular formula is C6H11NO3P+. The van der Waals surface area contributed by atoms with E-state index < -0.39 is 7.60 Å². The fourth-order valence-corrected chi connectivity index (χ4v) is 1.65. The number of nitriles is 1. The second-order valence-corrected chi connectivity index (χ2v) is 3.73. The van der Waals surface area contributed by atoms with E-state index in [9.17, 15) is 4.57 Å². The van der Waals surface area contributed by atoms with Crippen LogP contribution in [0.25, 0.3) is 0 Å². The molecule has 0 saturated carbocycles. The summed E-state index contributed by atoms with van der Waals surface area (Å²) in [6, 6.07) is 1.74. The van der Waals surface area contributed by atoms with Crippen LogP contribution in [0.3, 0.4) is 0 Å². The minimum atomic E-state index is -3.14. The van der Waals surface area contributed by atoms with Crippen LogP contribution >= 0.6 is 7.60 Å². The largest absolute Gasteiger partial charge is 0.348 e. The Morgan fingerprint density at radius 3 is 2.64 bits per heavy atom. The molecule has 0 aromatic heterocycles. The van der Waals surface area contributed by atoms with Crippen LogP contribution in [0.1, 0.15) is 6.92 Å². The number of rotatable bonds is 5. The number of hydrogen-bond donors (Lipinski definition) is 0. The van der Waals surface area contributed by atoms with Crippen molar-refractivity contribution in [2.24, 2.45) is 0 Å². The summed E-state index contributed by atoms with van der Waals surface area (Å²) in [7, 11) is -3.14. The maximum atomic E-state index is 11.3. The molecule has 0 rings (SSSR count). The van der Waals surface area contributed by atoms with Crippen LogP contribution in [0.2, 0.25) is 0 Å². The van der Waals surface area contributed by atoms with Gasteiger partial charge in [0.1, 0.15) is 6.16 Å². The van der Waals surface area contributed by atoms with E-state index in [0.717, 1.165) is 0 Å². The molecule has 0 aliphatic carbocycles. The third-order valence-electron chi connectivity index (χ3n) is 0.878. The lowest BCUT2D eigenvalue weighted by molar-refractivity contribution is 0.230. The van der Waals surface area contributed by atoms with Gasteiger partial charge in [0.25, 0.3) is 0 Å². The molecule has 0 saturated heterocycles. The van der Waals surface area contributed by atoms with Gasteiger partial charge in [-0.2, -0.15) is 5.26 Å². The molecule has 5 heteroatoms. The molecule has 0 heterocycles. The lowest BCUT2D eigenvalue weighted by Gasteiger charge is -2.10. The molecule has 11 heavy (non-hydrogen) atoms. The third-order valence-corrected chi connectivity index (χ3v) is 2.63. The topological polar surface area (TPSA) is 59.3 Å². The van der Waals surface area contributed by atoms with Crippen molar-refractivity contribution in [2.45, 2.75) is 6.92 Å². The fraction of sp³-hybridized carbons (Fsp3) is 0.667. The van der Waals surface area contributed by atoms with Crippen molar-refractivity contribution in [3.8, 4) is 6.07 Å². The van der Waals surface area contributed by atoms with Gasteiger partial charge in [-0.3, -0.25) is 9.09 Å². The van der Waals surface area contributed by atoms with Gasteiger partial charge < -0.3 is 4.52 Å². The standard InChI is InChI=1S/C6H11NO3P/c1-3-9-11(8,6-5-7)10-4-2/h1,3-4,6H2,2H3/q+1. The first-order chi connectivity index (χ1) is 5.18. The van der Waals surface area contributed by atoms with E-state index in [0.29, 0.717) is 0 Å². The molecule has 0 aliphatic heterocycles. The van der Waals surface area contributed by atoms with E-state index >= 15 is 0 Å². The van der Waals surface area contributed by atoms with Crippen LogP contribution in [0, 0.1) is 18.3 Å². The second kappa shape index (κ2) is 5.20. The highest BCUT2D eigenvalue weighted by Crippen LogP contribution is 2.47. The van der Waals surface area contributed by atoms with Crippen molar-refractivity contribution >= 4 is 7.60 Å². The zero-order valence-electron chi connectivity index (χ0n) is 6.45. The predicted molar refractivity (Wildman–Crippen MR) is 41.0 cm³/mol. The van der Waals surface area contributed by atoms with Crippen LogP contribution in [0.4, 0.5) is 0 Å². The molecule has 0 amide bonds. The van der Waals surface area contributed by atoms with Gasteiger partial charge in [0.15, 0.2) is 6.61 Å². The highest BCUT2D eigenvalue weighted by Gasteiger charge is 2.23. The van der Waals surface area contributed by atoms with Crippen LogP contribution in [0.5, 0.6) is 0 Å². The lowest BCUT2D eigenvalue weighted by Crippen LogP contribution is -1.98. The van der Waals surface area contributed by atoms with Gasteiger partial charge in [-0.25, -0.2) is 0 Å². The monoisotopic (exact) mass is 176 g/mol. The molecule has 0 aliphatic rings. The maximum Gasteiger partial charge on any atom is 0.348 e. The smallest absolute Gasteiger partial charge is 0.308 e. The summed E-state index contributed by atoms with van der Waals surface area (Å²) in [6.45, 7) is 5.37. The first-order valence-corrected chi connectivity index (χ1v) is 4.95. The van der Waals surface area contributed by atoms with Crippen molar-refractivity contribution in [2.75, 3.05) is 19.4 Å². The summed E-state index contributed by atoms with van der Waals surface area (Å²) in [5.74, 6) is 0. The van der Waals surface area contributed by atoms with Crippen LogP contribution < -0.4 is 0 Å². The van der Waals surface area contributed by atoms with Crippen molar-refractivity contribution in [1.82, 2.24) is 0 Å². The van der Waals surface area contributed by atoms with Gasteiger partial charge in [-0.05, 0) is 6.92 Å². The van der Waals surface area contributed by atoms with Crippen molar-refractivity contribution in [3.63, 3.8) is 0 Å². The Labute approximate surface area is 66.6 Å². The maximum absolute atomic E-state index is 11.3. The lowest BCUT2D eigenvalue weighted by atomic mass is 10.9. The number of hydrogen-bond acceptors (Lipinski definition) is 4. The first kappa shape index (κ1) is 10.5. The Morgan fingerprint density at radius 2 is 2.27 bits per heavy atom. The quantitative estimate of drug-likeness (QED) is 0.471. The van der Waals surface area contributed by atoms with Gasteiger partial charge in [0.05, 0.1) is 19.6 Å². The van der Waals surface area contributed by atoms with Gasteiger partial charge in [-0.15, -0.1) is 0 Å². The highest BCUT2D eigenvalue weighted by atomic mass is 31.2. The zero-order valence-corrected chi connectivity index (χ0v) is 7.34. The molecule has 0 N–H and O–H groups in total. The number of nitrogens with zero attached hydrogens (tertiary/aromatic N) is 1. The molecule has 62 valence electrons. The summed E-state index contributed by atoms with van der Waals surface area (Å²) >= 11 is 0. The summed E-state index contributed by atoms with van der Waals surface area (Å²) in [6.07, 6.45) is -0.212. The molecule has 4 nitrogen and oxygen atoms in total. The van der Waals surface area contributed by atoms with Gasteiger partial charge in [0.2, 0.25) is 0 Å². The van der Waals surface area contributed by atoms with E-state index in [2.05, 4.69) is 6.92 Å². The normalized spacial score (nSPS) is 15.3. The zero-order chi connectivity index (χ0) is 8.74. The molecule has 0 aromatic rings. The minimum absolute atomic E-state index is 0.0545. The average Bonchev–Trinajstić information content (AvgIpc) is 1.88. The second-order valence-electron chi connectivity index (χ2n) is 1.68. The third kappa shape index (κ3) is 4.05. The van der Waals surface area contributed by atoms with Crippen LogP contribution in [0.15, 0.2) is 0 Å². The van der Waals surface area contributed by atoms with Gasteiger partial charge in [0, 0.05) is 0 Å². The van der Waals surface area contributed by atoms with Crippen molar-refractivity contribution < 1.29 is 13.6 Å². The molecule has 0 aromatic carbocycles. The van der Waals surface area contributed by atoms with E-state index in [-0.39, 0.29) is 19.4 Å². The Balaban J connectivity index is 4.04.